The van der Waals surface area contributed by atoms with Crippen molar-refractivity contribution in [2.45, 2.75) is 45.1 Å². The molecule has 0 aliphatic carbocycles. The molecule has 2 aromatic rings. The number of aliphatic carboxylic acids is 1. The van der Waals surface area contributed by atoms with Gasteiger partial charge in [0.15, 0.2) is 0 Å². The fourth-order valence-electron chi connectivity index (χ4n) is 4.73. The Morgan fingerprint density at radius 2 is 1.76 bits per heavy atom. The molecule has 2 aliphatic rings. The number of carbonyl (C=O) groups is 2. The first-order chi connectivity index (χ1) is 21.9. The zero-order valence-electron chi connectivity index (χ0n) is 26.9. The molecule has 2 bridgehead atoms. The number of carboxylic acid groups (broad SMARTS) is 1. The molecule has 2 aromatic carbocycles. The summed E-state index contributed by atoms with van der Waals surface area (Å²) in [5, 5.41) is 15.1. The van der Waals surface area contributed by atoms with Gasteiger partial charge in [-0.1, -0.05) is 38.1 Å². The third-order valence-corrected chi connectivity index (χ3v) is 8.91. The van der Waals surface area contributed by atoms with Crippen molar-refractivity contribution >= 4 is 33.3 Å². The van der Waals surface area contributed by atoms with Crippen molar-refractivity contribution in [2.24, 2.45) is 16.6 Å². The summed E-state index contributed by atoms with van der Waals surface area (Å²) in [4.78, 5) is 29.4. The molecular weight excluding hydrogens is 614 g/mol. The molecule has 5 N–H and O–H groups in total. The SMILES string of the molecule is CNCc1cccc2c1OCCOCCOCCN(CCCC(=O)O)S(=O)(=O)c1ccc(cc1)C(C(C)C)=N/C(=C(\C)N)C(=O)N2. The van der Waals surface area contributed by atoms with Crippen LogP contribution < -0.4 is 21.1 Å². The smallest absolute Gasteiger partial charge is 0.303 e. The number of para-hydroxylation sites is 1. The van der Waals surface area contributed by atoms with Gasteiger partial charge >= 0.3 is 5.97 Å². The Balaban J connectivity index is 2.04. The second-order valence-corrected chi connectivity index (χ2v) is 12.9. The van der Waals surface area contributed by atoms with Crippen molar-refractivity contribution < 1.29 is 37.3 Å². The summed E-state index contributed by atoms with van der Waals surface area (Å²) >= 11 is 0. The van der Waals surface area contributed by atoms with Crippen LogP contribution in [0.25, 0.3) is 0 Å². The van der Waals surface area contributed by atoms with E-state index >= 15 is 0 Å². The van der Waals surface area contributed by atoms with Crippen molar-refractivity contribution in [3.05, 3.63) is 65.0 Å². The second kappa shape index (κ2) is 17.8. The normalized spacial score (nSPS) is 18.4. The number of allylic oxidation sites excluding steroid dienone is 1. The zero-order chi connectivity index (χ0) is 33.7. The summed E-state index contributed by atoms with van der Waals surface area (Å²) in [6, 6.07) is 11.7. The van der Waals surface area contributed by atoms with Crippen LogP contribution in [0, 0.1) is 5.92 Å². The Bertz CT molecular complexity index is 1500. The molecule has 1 amide bonds. The number of ether oxygens (including phenoxy) is 3. The van der Waals surface area contributed by atoms with Crippen molar-refractivity contribution in [1.29, 1.82) is 0 Å². The van der Waals surface area contributed by atoms with Crippen LogP contribution in [0.1, 0.15) is 44.7 Å². The van der Waals surface area contributed by atoms with E-state index in [1.54, 1.807) is 25.1 Å². The molecule has 4 rings (SSSR count). The van der Waals surface area contributed by atoms with Gasteiger partial charge in [0.05, 0.1) is 42.7 Å². The number of rotatable bonds is 7. The number of fused-ring (bicyclic) bond motifs is 15. The van der Waals surface area contributed by atoms with E-state index in [-0.39, 0.29) is 81.2 Å². The zero-order valence-corrected chi connectivity index (χ0v) is 27.7. The molecule has 13 nitrogen and oxygen atoms in total. The van der Waals surface area contributed by atoms with E-state index in [9.17, 15) is 18.0 Å². The molecule has 0 atom stereocenters. The van der Waals surface area contributed by atoms with Gasteiger partial charge in [-0.05, 0) is 50.1 Å². The maximum atomic E-state index is 13.6. The maximum Gasteiger partial charge on any atom is 0.303 e. The molecule has 14 heteroatoms. The summed E-state index contributed by atoms with van der Waals surface area (Å²) in [6.07, 6.45) is -0.0183. The average Bonchev–Trinajstić information content (AvgIpc) is 3.00. The number of nitrogens with one attached hydrogen (secondary N) is 2. The standard InChI is InChI=1S/C32H45N5O8S/c1-22(2)29-24-10-12-26(13-11-24)46(41,42)37(14-6-9-28(38)39)15-16-43-17-18-44-19-20-45-31-25(21-34-4)7-5-8-27(31)35-32(40)30(36-29)23(3)33/h5,7-8,10-13,22,34H,6,9,14-21,33H2,1-4H3,(H,35,40)(H,38,39)/b30-23+,36-29?. The van der Waals surface area contributed by atoms with Gasteiger partial charge in [-0.15, -0.1) is 0 Å². The minimum absolute atomic E-state index is 0.0143. The molecule has 46 heavy (non-hydrogen) atoms. The Morgan fingerprint density at radius 1 is 1.09 bits per heavy atom. The largest absolute Gasteiger partial charge is 0.489 e. The topological polar surface area (TPSA) is 182 Å². The molecule has 0 aromatic heterocycles. The number of nitrogens with zero attached hydrogens (tertiary/aromatic N) is 2. The predicted octanol–water partition coefficient (Wildman–Crippen LogP) is 2.96. The Hall–Kier alpha value is -3.82. The minimum atomic E-state index is -3.97. The number of aliphatic imine (C=N–C) groups is 1. The molecule has 0 saturated heterocycles. The highest BCUT2D eigenvalue weighted by Gasteiger charge is 2.25. The van der Waals surface area contributed by atoms with E-state index in [0.29, 0.717) is 29.3 Å². The monoisotopic (exact) mass is 659 g/mol. The van der Waals surface area contributed by atoms with Crippen molar-refractivity contribution in [2.75, 3.05) is 58.5 Å². The Kier molecular flexibility index (Phi) is 14.2. The lowest BCUT2D eigenvalue weighted by Gasteiger charge is -2.22. The molecular formula is C32H45N5O8S. The van der Waals surface area contributed by atoms with Gasteiger partial charge in [0.1, 0.15) is 18.1 Å². The molecule has 0 saturated carbocycles. The van der Waals surface area contributed by atoms with Crippen molar-refractivity contribution in [3.63, 3.8) is 0 Å². The summed E-state index contributed by atoms with van der Waals surface area (Å²) in [6.45, 7) is 6.97. The highest BCUT2D eigenvalue weighted by atomic mass is 32.2. The highest BCUT2D eigenvalue weighted by molar-refractivity contribution is 7.89. The third kappa shape index (κ3) is 10.4. The number of amides is 1. The van der Waals surface area contributed by atoms with Crippen LogP contribution in [-0.4, -0.2) is 88.6 Å². The van der Waals surface area contributed by atoms with E-state index in [1.807, 2.05) is 33.0 Å². The van der Waals surface area contributed by atoms with Crippen LogP contribution in [-0.2, 0) is 35.6 Å². The molecule has 0 unspecified atom stereocenters. The van der Waals surface area contributed by atoms with E-state index in [2.05, 4.69) is 10.6 Å². The van der Waals surface area contributed by atoms with Gasteiger partial charge in [0.2, 0.25) is 10.0 Å². The van der Waals surface area contributed by atoms with E-state index in [4.69, 9.17) is 30.0 Å². The number of benzene rings is 2. The summed E-state index contributed by atoms with van der Waals surface area (Å²) < 4.78 is 45.8. The highest BCUT2D eigenvalue weighted by Crippen LogP contribution is 2.30. The first-order valence-corrected chi connectivity index (χ1v) is 16.6. The van der Waals surface area contributed by atoms with Crippen LogP contribution in [0.3, 0.4) is 0 Å². The van der Waals surface area contributed by atoms with Crippen LogP contribution in [0.2, 0.25) is 0 Å². The first kappa shape index (κ1) is 36.6. The van der Waals surface area contributed by atoms with Gasteiger partial charge in [0, 0.05) is 37.3 Å². The minimum Gasteiger partial charge on any atom is -0.489 e. The van der Waals surface area contributed by atoms with Gasteiger partial charge in [0.25, 0.3) is 5.91 Å². The molecule has 0 fully saturated rings. The van der Waals surface area contributed by atoms with Gasteiger partial charge in [-0.25, -0.2) is 13.4 Å². The Labute approximate surface area is 270 Å². The summed E-state index contributed by atoms with van der Waals surface area (Å²) in [5.74, 6) is -1.20. The van der Waals surface area contributed by atoms with Gasteiger partial charge < -0.3 is 35.7 Å². The number of anilines is 1. The van der Waals surface area contributed by atoms with Crippen LogP contribution >= 0.6 is 0 Å². The quantitative estimate of drug-likeness (QED) is 0.255. The number of nitrogens with two attached hydrogens (primary N) is 1. The van der Waals surface area contributed by atoms with Crippen LogP contribution in [0.5, 0.6) is 5.75 Å². The fourth-order valence-corrected chi connectivity index (χ4v) is 6.19. The number of carbonyl (C=O) groups excluding carboxylic acids is 1. The van der Waals surface area contributed by atoms with E-state index in [0.717, 1.165) is 5.56 Å². The third-order valence-electron chi connectivity index (χ3n) is 7.00. The predicted molar refractivity (Wildman–Crippen MR) is 175 cm³/mol. The number of hydrogen-bond acceptors (Lipinski definition) is 10. The summed E-state index contributed by atoms with van der Waals surface area (Å²) in [7, 11) is -2.16. The molecule has 252 valence electrons. The Morgan fingerprint density at radius 3 is 2.39 bits per heavy atom. The second-order valence-electron chi connectivity index (χ2n) is 11.0. The van der Waals surface area contributed by atoms with E-state index in [1.165, 1.54) is 16.4 Å². The molecule has 0 spiro atoms. The van der Waals surface area contributed by atoms with Crippen molar-refractivity contribution in [3.8, 4) is 5.75 Å². The first-order valence-electron chi connectivity index (χ1n) is 15.2. The maximum absolute atomic E-state index is 13.6. The number of carboxylic acids is 1. The average molecular weight is 660 g/mol. The molecule has 0 radical (unpaired) electrons. The van der Waals surface area contributed by atoms with Crippen LogP contribution in [0.4, 0.5) is 5.69 Å². The van der Waals surface area contributed by atoms with Gasteiger partial charge in [-0.3, -0.25) is 9.59 Å². The number of hydrogen-bond donors (Lipinski definition) is 4. The molecule has 2 aliphatic heterocycles. The van der Waals surface area contributed by atoms with Gasteiger partial charge in [-0.2, -0.15) is 4.31 Å². The van der Waals surface area contributed by atoms with E-state index < -0.39 is 21.9 Å². The lowest BCUT2D eigenvalue weighted by atomic mass is 9.99. The van der Waals surface area contributed by atoms with Crippen LogP contribution in [0.15, 0.2) is 63.7 Å². The summed E-state index contributed by atoms with van der Waals surface area (Å²) in [5.41, 5.74) is 8.82. The molecule has 2 heterocycles. The lowest BCUT2D eigenvalue weighted by Crippen LogP contribution is -2.35. The lowest BCUT2D eigenvalue weighted by molar-refractivity contribution is -0.137. The fraction of sp³-hybridized carbons (Fsp3) is 0.469. The number of sulfonamides is 1. The van der Waals surface area contributed by atoms with Crippen molar-refractivity contribution in [1.82, 2.24) is 9.62 Å².